The van der Waals surface area contributed by atoms with Crippen LogP contribution >= 0.6 is 0 Å². The summed E-state index contributed by atoms with van der Waals surface area (Å²) in [6.45, 7) is 1.95. The standard InChI is InChI=1S/C11H16N4O/c1-15-7-5-9(8-15)13-11(16)14-10-4-2-3-6-12-10/h2-4,6,9H,5,7-8H2,1H3,(H2,12,13,14,16)/t9-/m1/s1. The van der Waals surface area contributed by atoms with Crippen molar-refractivity contribution in [3.05, 3.63) is 24.4 Å². The van der Waals surface area contributed by atoms with Crippen molar-refractivity contribution in [3.63, 3.8) is 0 Å². The van der Waals surface area contributed by atoms with Gasteiger partial charge in [0.05, 0.1) is 0 Å². The molecule has 1 aliphatic heterocycles. The van der Waals surface area contributed by atoms with Crippen LogP contribution in [0.5, 0.6) is 0 Å². The van der Waals surface area contributed by atoms with Gasteiger partial charge in [0.2, 0.25) is 0 Å². The monoisotopic (exact) mass is 220 g/mol. The average Bonchev–Trinajstić information content (AvgIpc) is 2.65. The minimum absolute atomic E-state index is 0.181. The third-order valence-electron chi connectivity index (χ3n) is 2.63. The molecule has 16 heavy (non-hydrogen) atoms. The van der Waals surface area contributed by atoms with Crippen LogP contribution in [-0.4, -0.2) is 42.1 Å². The summed E-state index contributed by atoms with van der Waals surface area (Å²) in [7, 11) is 2.05. The van der Waals surface area contributed by atoms with Crippen LogP contribution in [0, 0.1) is 0 Å². The number of anilines is 1. The van der Waals surface area contributed by atoms with Crippen LogP contribution in [0.25, 0.3) is 0 Å². The van der Waals surface area contributed by atoms with Gasteiger partial charge in [-0.25, -0.2) is 9.78 Å². The van der Waals surface area contributed by atoms with E-state index in [1.165, 1.54) is 0 Å². The summed E-state index contributed by atoms with van der Waals surface area (Å²) in [4.78, 5) is 17.8. The number of nitrogens with one attached hydrogen (secondary N) is 2. The number of carbonyl (C=O) groups excluding carboxylic acids is 1. The van der Waals surface area contributed by atoms with Crippen molar-refractivity contribution in [3.8, 4) is 0 Å². The lowest BCUT2D eigenvalue weighted by Crippen LogP contribution is -2.39. The number of urea groups is 1. The lowest BCUT2D eigenvalue weighted by Gasteiger charge is -2.13. The van der Waals surface area contributed by atoms with Crippen LogP contribution in [0.15, 0.2) is 24.4 Å². The Bertz CT molecular complexity index is 354. The van der Waals surface area contributed by atoms with Crippen molar-refractivity contribution >= 4 is 11.8 Å². The third-order valence-corrected chi connectivity index (χ3v) is 2.63. The molecule has 0 aromatic carbocycles. The van der Waals surface area contributed by atoms with E-state index < -0.39 is 0 Å². The molecule has 0 saturated carbocycles. The molecule has 5 heteroatoms. The smallest absolute Gasteiger partial charge is 0.320 e. The number of likely N-dealkylation sites (tertiary alicyclic amines) is 1. The SMILES string of the molecule is CN1CC[C@@H](NC(=O)Nc2ccccn2)C1. The molecule has 2 N–H and O–H groups in total. The van der Waals surface area contributed by atoms with Crippen LogP contribution in [0.3, 0.4) is 0 Å². The first kappa shape index (κ1) is 10.9. The summed E-state index contributed by atoms with van der Waals surface area (Å²) in [6.07, 6.45) is 2.66. The number of pyridine rings is 1. The predicted octanol–water partition coefficient (Wildman–Crippen LogP) is 0.907. The van der Waals surface area contributed by atoms with Crippen molar-refractivity contribution < 1.29 is 4.79 Å². The molecular weight excluding hydrogens is 204 g/mol. The van der Waals surface area contributed by atoms with Gasteiger partial charge in [-0.3, -0.25) is 5.32 Å². The number of nitrogens with zero attached hydrogens (tertiary/aromatic N) is 2. The van der Waals surface area contributed by atoms with Crippen LogP contribution < -0.4 is 10.6 Å². The molecule has 1 aliphatic rings. The van der Waals surface area contributed by atoms with Gasteiger partial charge in [-0.2, -0.15) is 0 Å². The van der Waals surface area contributed by atoms with E-state index in [0.29, 0.717) is 5.82 Å². The maximum absolute atomic E-state index is 11.6. The van der Waals surface area contributed by atoms with E-state index in [4.69, 9.17) is 0 Å². The van der Waals surface area contributed by atoms with Gasteiger partial charge in [0, 0.05) is 18.8 Å². The zero-order chi connectivity index (χ0) is 11.4. The Morgan fingerprint density at radius 2 is 2.44 bits per heavy atom. The molecule has 2 rings (SSSR count). The molecule has 0 aliphatic carbocycles. The molecule has 86 valence electrons. The first-order chi connectivity index (χ1) is 7.74. The highest BCUT2D eigenvalue weighted by molar-refractivity contribution is 5.88. The molecule has 1 aromatic rings. The topological polar surface area (TPSA) is 57.3 Å². The molecule has 1 saturated heterocycles. The Morgan fingerprint density at radius 3 is 3.06 bits per heavy atom. The highest BCUT2D eigenvalue weighted by Gasteiger charge is 2.20. The molecule has 5 nitrogen and oxygen atoms in total. The fourth-order valence-corrected chi connectivity index (χ4v) is 1.83. The van der Waals surface area contributed by atoms with Crippen LogP contribution in [0.2, 0.25) is 0 Å². The Morgan fingerprint density at radius 1 is 1.56 bits per heavy atom. The first-order valence-electron chi connectivity index (χ1n) is 5.41. The molecule has 2 amide bonds. The van der Waals surface area contributed by atoms with E-state index in [0.717, 1.165) is 19.5 Å². The first-order valence-corrected chi connectivity index (χ1v) is 5.41. The number of amides is 2. The van der Waals surface area contributed by atoms with E-state index in [2.05, 4.69) is 27.6 Å². The summed E-state index contributed by atoms with van der Waals surface area (Å²) >= 11 is 0. The van der Waals surface area contributed by atoms with Gasteiger partial charge < -0.3 is 10.2 Å². The van der Waals surface area contributed by atoms with Gasteiger partial charge in [-0.05, 0) is 32.1 Å². The number of likely N-dealkylation sites (N-methyl/N-ethyl adjacent to an activating group) is 1. The fourth-order valence-electron chi connectivity index (χ4n) is 1.83. The van der Waals surface area contributed by atoms with Crippen LogP contribution in [-0.2, 0) is 0 Å². The number of carbonyl (C=O) groups is 1. The second kappa shape index (κ2) is 4.94. The number of hydrogen-bond acceptors (Lipinski definition) is 3. The maximum Gasteiger partial charge on any atom is 0.320 e. The number of rotatable bonds is 2. The average molecular weight is 220 g/mol. The Balaban J connectivity index is 1.81. The third kappa shape index (κ3) is 2.93. The minimum atomic E-state index is -0.181. The Hall–Kier alpha value is -1.62. The lowest BCUT2D eigenvalue weighted by molar-refractivity contribution is 0.248. The fraction of sp³-hybridized carbons (Fsp3) is 0.455. The second-order valence-electron chi connectivity index (χ2n) is 4.06. The van der Waals surface area contributed by atoms with Crippen molar-refractivity contribution in [1.29, 1.82) is 0 Å². The van der Waals surface area contributed by atoms with Crippen molar-refractivity contribution in [1.82, 2.24) is 15.2 Å². The second-order valence-corrected chi connectivity index (χ2v) is 4.06. The number of hydrogen-bond donors (Lipinski definition) is 2. The highest BCUT2D eigenvalue weighted by atomic mass is 16.2. The quantitative estimate of drug-likeness (QED) is 0.778. The van der Waals surface area contributed by atoms with Gasteiger partial charge in [-0.1, -0.05) is 6.07 Å². The number of aromatic nitrogens is 1. The van der Waals surface area contributed by atoms with Gasteiger partial charge in [0.15, 0.2) is 0 Å². The molecule has 1 atom stereocenters. The summed E-state index contributed by atoms with van der Waals surface area (Å²) in [6, 6.07) is 5.48. The van der Waals surface area contributed by atoms with Crippen LogP contribution in [0.1, 0.15) is 6.42 Å². The molecule has 0 radical (unpaired) electrons. The zero-order valence-corrected chi connectivity index (χ0v) is 9.31. The van der Waals surface area contributed by atoms with E-state index in [1.807, 2.05) is 12.1 Å². The lowest BCUT2D eigenvalue weighted by atomic mass is 10.3. The summed E-state index contributed by atoms with van der Waals surface area (Å²) in [5, 5.41) is 5.63. The van der Waals surface area contributed by atoms with Crippen molar-refractivity contribution in [2.75, 3.05) is 25.5 Å². The van der Waals surface area contributed by atoms with E-state index in [9.17, 15) is 4.79 Å². The maximum atomic E-state index is 11.6. The van der Waals surface area contributed by atoms with Gasteiger partial charge in [-0.15, -0.1) is 0 Å². The minimum Gasteiger partial charge on any atom is -0.334 e. The summed E-state index contributed by atoms with van der Waals surface area (Å²) in [5.74, 6) is 0.575. The molecule has 0 bridgehead atoms. The predicted molar refractivity (Wildman–Crippen MR) is 62.3 cm³/mol. The van der Waals surface area contributed by atoms with Crippen molar-refractivity contribution in [2.45, 2.75) is 12.5 Å². The van der Waals surface area contributed by atoms with Gasteiger partial charge >= 0.3 is 6.03 Å². The molecule has 0 spiro atoms. The van der Waals surface area contributed by atoms with E-state index in [1.54, 1.807) is 12.3 Å². The van der Waals surface area contributed by atoms with E-state index >= 15 is 0 Å². The molecule has 1 fully saturated rings. The molecule has 2 heterocycles. The molecule has 0 unspecified atom stereocenters. The molecular formula is C11H16N4O. The largest absolute Gasteiger partial charge is 0.334 e. The van der Waals surface area contributed by atoms with Crippen LogP contribution in [0.4, 0.5) is 10.6 Å². The zero-order valence-electron chi connectivity index (χ0n) is 9.31. The Kier molecular flexibility index (Phi) is 3.36. The Labute approximate surface area is 94.9 Å². The van der Waals surface area contributed by atoms with Gasteiger partial charge in [0.1, 0.15) is 5.82 Å². The van der Waals surface area contributed by atoms with Crippen molar-refractivity contribution in [2.24, 2.45) is 0 Å². The van der Waals surface area contributed by atoms with E-state index in [-0.39, 0.29) is 12.1 Å². The summed E-state index contributed by atoms with van der Waals surface area (Å²) in [5.41, 5.74) is 0. The summed E-state index contributed by atoms with van der Waals surface area (Å²) < 4.78 is 0. The molecule has 1 aromatic heterocycles. The highest BCUT2D eigenvalue weighted by Crippen LogP contribution is 2.06. The van der Waals surface area contributed by atoms with Gasteiger partial charge in [0.25, 0.3) is 0 Å². The normalized spacial score (nSPS) is 20.7.